The summed E-state index contributed by atoms with van der Waals surface area (Å²) in [5, 5.41) is 2.57. The lowest BCUT2D eigenvalue weighted by Crippen LogP contribution is -2.39. The lowest BCUT2D eigenvalue weighted by molar-refractivity contribution is -0.120. The Morgan fingerprint density at radius 3 is 2.48 bits per heavy atom. The number of fused-ring (bicyclic) bond motifs is 1. The standard InChI is InChI=1S/C28H32N6O7S/c1-31-23-24(30-27(31)42(3,39)40)34(28(38)32(2)26(23)37)8-4-5-18-13-19(15-21(14-18)29-25(36)20-6-7-20)16-22(35)17-33-9-11-41-12-10-33/h13-15,20H,6-12,16-17H2,1-3H3,(H,29,36). The SMILES string of the molecule is Cn1c(=O)c2c(nc(S(C)(=O)=O)n2C)n(CC#Cc2cc(CC(=O)CN3CCOCC3)cc(NC(=O)C3CC3)c2)c1=O. The monoisotopic (exact) mass is 596 g/mol. The highest BCUT2D eigenvalue weighted by Crippen LogP contribution is 2.30. The van der Waals surface area contributed by atoms with Gasteiger partial charge in [0.25, 0.3) is 5.56 Å². The molecular weight excluding hydrogens is 564 g/mol. The molecule has 1 aliphatic heterocycles. The third-order valence-corrected chi connectivity index (χ3v) is 8.26. The molecule has 0 unspecified atom stereocenters. The molecule has 13 nitrogen and oxygen atoms in total. The van der Waals surface area contributed by atoms with E-state index < -0.39 is 21.1 Å². The average Bonchev–Trinajstić information content (AvgIpc) is 3.72. The Morgan fingerprint density at radius 1 is 1.10 bits per heavy atom. The second kappa shape index (κ2) is 11.7. The van der Waals surface area contributed by atoms with Crippen molar-refractivity contribution in [2.45, 2.75) is 31.0 Å². The normalized spacial score (nSPS) is 15.8. The molecule has 0 spiro atoms. The average molecular weight is 597 g/mol. The largest absolute Gasteiger partial charge is 0.379 e. The van der Waals surface area contributed by atoms with Gasteiger partial charge in [-0.25, -0.2) is 13.2 Å². The number of sulfone groups is 1. The Balaban J connectivity index is 1.46. The van der Waals surface area contributed by atoms with Crippen molar-refractivity contribution >= 4 is 38.4 Å². The first kappa shape index (κ1) is 29.4. The van der Waals surface area contributed by atoms with E-state index in [4.69, 9.17) is 4.74 Å². The molecule has 0 bridgehead atoms. The smallest absolute Gasteiger partial charge is 0.333 e. The maximum absolute atomic E-state index is 13.0. The Labute approximate surface area is 242 Å². The number of nitrogens with zero attached hydrogens (tertiary/aromatic N) is 5. The van der Waals surface area contributed by atoms with Gasteiger partial charge in [-0.1, -0.05) is 11.8 Å². The Bertz CT molecular complexity index is 1870. The van der Waals surface area contributed by atoms with Gasteiger partial charge in [-0.2, -0.15) is 4.98 Å². The third kappa shape index (κ3) is 6.38. The summed E-state index contributed by atoms with van der Waals surface area (Å²) in [7, 11) is -1.08. The number of carbonyl (C=O) groups excluding carboxylic acids is 2. The minimum atomic E-state index is -3.78. The number of carbonyl (C=O) groups is 2. The molecule has 1 saturated heterocycles. The zero-order valence-electron chi connectivity index (χ0n) is 23.7. The zero-order chi connectivity index (χ0) is 30.2. The number of Topliss-reactive ketones (excluding diaryl/α,β-unsaturated/α-hetero) is 1. The number of ketones is 1. The topological polar surface area (TPSA) is 155 Å². The summed E-state index contributed by atoms with van der Waals surface area (Å²) >= 11 is 0. The fraction of sp³-hybridized carbons (Fsp3) is 0.464. The van der Waals surface area contributed by atoms with Crippen LogP contribution in [-0.4, -0.2) is 82.8 Å². The molecule has 14 heteroatoms. The lowest BCUT2D eigenvalue weighted by Gasteiger charge is -2.25. The first-order valence-electron chi connectivity index (χ1n) is 13.5. The summed E-state index contributed by atoms with van der Waals surface area (Å²) in [4.78, 5) is 57.2. The summed E-state index contributed by atoms with van der Waals surface area (Å²) < 4.78 is 33.0. The number of ether oxygens (including phenoxy) is 1. The molecule has 222 valence electrons. The second-order valence-electron chi connectivity index (χ2n) is 10.7. The van der Waals surface area contributed by atoms with Crippen LogP contribution in [0.2, 0.25) is 0 Å². The summed E-state index contributed by atoms with van der Waals surface area (Å²) in [5.41, 5.74) is 0.247. The van der Waals surface area contributed by atoms with Crippen LogP contribution in [0.5, 0.6) is 0 Å². The van der Waals surface area contributed by atoms with E-state index in [0.29, 0.717) is 49.7 Å². The number of rotatable bonds is 8. The van der Waals surface area contributed by atoms with Crippen molar-refractivity contribution in [2.24, 2.45) is 20.0 Å². The van der Waals surface area contributed by atoms with E-state index in [2.05, 4.69) is 22.1 Å². The van der Waals surface area contributed by atoms with Gasteiger partial charge in [0, 0.05) is 57.0 Å². The number of imidazole rings is 1. The van der Waals surface area contributed by atoms with Gasteiger partial charge >= 0.3 is 5.69 Å². The summed E-state index contributed by atoms with van der Waals surface area (Å²) in [6, 6.07) is 5.23. The van der Waals surface area contributed by atoms with Gasteiger partial charge in [-0.3, -0.25) is 28.4 Å². The van der Waals surface area contributed by atoms with Gasteiger partial charge in [0.2, 0.25) is 20.9 Å². The molecule has 3 aromatic rings. The van der Waals surface area contributed by atoms with Crippen LogP contribution in [-0.2, 0) is 51.2 Å². The van der Waals surface area contributed by atoms with Crippen LogP contribution in [0.25, 0.3) is 11.2 Å². The number of morpholine rings is 1. The van der Waals surface area contributed by atoms with Crippen LogP contribution in [0, 0.1) is 17.8 Å². The van der Waals surface area contributed by atoms with Crippen molar-refractivity contribution in [3.8, 4) is 11.8 Å². The van der Waals surface area contributed by atoms with E-state index in [0.717, 1.165) is 32.8 Å². The van der Waals surface area contributed by atoms with Gasteiger partial charge in [-0.15, -0.1) is 0 Å². The molecule has 0 radical (unpaired) electrons. The van der Waals surface area contributed by atoms with E-state index in [1.807, 2.05) is 4.90 Å². The van der Waals surface area contributed by atoms with E-state index in [1.165, 1.54) is 14.1 Å². The fourth-order valence-electron chi connectivity index (χ4n) is 4.92. The van der Waals surface area contributed by atoms with Crippen LogP contribution >= 0.6 is 0 Å². The highest BCUT2D eigenvalue weighted by atomic mass is 32.2. The van der Waals surface area contributed by atoms with Crippen LogP contribution in [0.15, 0.2) is 32.9 Å². The highest BCUT2D eigenvalue weighted by molar-refractivity contribution is 7.90. The Kier molecular flexibility index (Phi) is 8.18. The molecule has 42 heavy (non-hydrogen) atoms. The molecule has 1 aromatic carbocycles. The number of hydrogen-bond acceptors (Lipinski definition) is 9. The second-order valence-corrected chi connectivity index (χ2v) is 12.6. The van der Waals surface area contributed by atoms with Gasteiger partial charge in [0.05, 0.1) is 26.3 Å². The van der Waals surface area contributed by atoms with Crippen LogP contribution in [0.1, 0.15) is 24.0 Å². The molecule has 2 aromatic heterocycles. The van der Waals surface area contributed by atoms with E-state index in [1.54, 1.807) is 18.2 Å². The number of benzene rings is 1. The molecule has 2 aliphatic rings. The van der Waals surface area contributed by atoms with Gasteiger partial charge in [0.1, 0.15) is 0 Å². The van der Waals surface area contributed by atoms with Crippen molar-refractivity contribution in [2.75, 3.05) is 44.4 Å². The Hall–Kier alpha value is -4.06. The molecule has 1 amide bonds. The van der Waals surface area contributed by atoms with Crippen LogP contribution < -0.4 is 16.6 Å². The summed E-state index contributed by atoms with van der Waals surface area (Å²) in [5.74, 6) is 5.82. The number of anilines is 1. The van der Waals surface area contributed by atoms with Crippen molar-refractivity contribution in [3.63, 3.8) is 0 Å². The molecule has 1 aliphatic carbocycles. The van der Waals surface area contributed by atoms with Crippen molar-refractivity contribution in [3.05, 3.63) is 50.2 Å². The molecule has 1 N–H and O–H groups in total. The lowest BCUT2D eigenvalue weighted by atomic mass is 10.0. The number of amides is 1. The number of hydrogen-bond donors (Lipinski definition) is 1. The first-order chi connectivity index (χ1) is 19.9. The van der Waals surface area contributed by atoms with E-state index in [9.17, 15) is 27.6 Å². The van der Waals surface area contributed by atoms with Gasteiger partial charge < -0.3 is 14.6 Å². The maximum Gasteiger partial charge on any atom is 0.333 e. The fourth-order valence-corrected chi connectivity index (χ4v) is 5.77. The Morgan fingerprint density at radius 2 is 1.81 bits per heavy atom. The molecule has 3 heterocycles. The minimum Gasteiger partial charge on any atom is -0.379 e. The third-order valence-electron chi connectivity index (χ3n) is 7.23. The molecule has 1 saturated carbocycles. The maximum atomic E-state index is 13.0. The number of nitrogens with one attached hydrogen (secondary N) is 1. The molecule has 5 rings (SSSR count). The number of aryl methyl sites for hydroxylation is 1. The predicted octanol–water partition coefficient (Wildman–Crippen LogP) is -0.319. The molecule has 0 atom stereocenters. The van der Waals surface area contributed by atoms with Crippen molar-refractivity contribution in [1.29, 1.82) is 0 Å². The first-order valence-corrected chi connectivity index (χ1v) is 15.4. The van der Waals surface area contributed by atoms with Gasteiger partial charge in [0.15, 0.2) is 16.9 Å². The molecular formula is C28H32N6O7S. The van der Waals surface area contributed by atoms with Crippen LogP contribution in [0.3, 0.4) is 0 Å². The molecule has 2 fully saturated rings. The number of aromatic nitrogens is 4. The zero-order valence-corrected chi connectivity index (χ0v) is 24.5. The predicted molar refractivity (Wildman–Crippen MR) is 154 cm³/mol. The van der Waals surface area contributed by atoms with Crippen molar-refractivity contribution in [1.82, 2.24) is 23.6 Å². The minimum absolute atomic E-state index is 0.0136. The highest BCUT2D eigenvalue weighted by Gasteiger charge is 2.29. The van der Waals surface area contributed by atoms with E-state index >= 15 is 0 Å². The quantitative estimate of drug-likeness (QED) is 0.345. The van der Waals surface area contributed by atoms with Gasteiger partial charge in [-0.05, 0) is 36.6 Å². The van der Waals surface area contributed by atoms with E-state index in [-0.39, 0.29) is 46.9 Å². The summed E-state index contributed by atoms with van der Waals surface area (Å²) in [6.07, 6.45) is 2.81. The van der Waals surface area contributed by atoms with Crippen molar-refractivity contribution < 1.29 is 22.7 Å². The van der Waals surface area contributed by atoms with Crippen LogP contribution in [0.4, 0.5) is 5.69 Å². The summed E-state index contributed by atoms with van der Waals surface area (Å²) in [6.45, 7) is 2.69.